The molecule has 2 fully saturated rings. The van der Waals surface area contributed by atoms with Crippen LogP contribution in [0.1, 0.15) is 42.6 Å². The van der Waals surface area contributed by atoms with Crippen LogP contribution in [0.5, 0.6) is 0 Å². The Morgan fingerprint density at radius 2 is 1.70 bits per heavy atom. The zero-order valence-corrected chi connectivity index (χ0v) is 16.8. The number of hydrogen-bond acceptors (Lipinski definition) is 3. The lowest BCUT2D eigenvalue weighted by Crippen LogP contribution is -2.31. The first-order valence-electron chi connectivity index (χ1n) is 9.24. The van der Waals surface area contributed by atoms with Crippen LogP contribution in [0.25, 0.3) is 0 Å². The van der Waals surface area contributed by atoms with Crippen LogP contribution in [0.2, 0.25) is 10.0 Å². The highest BCUT2D eigenvalue weighted by Crippen LogP contribution is 2.41. The van der Waals surface area contributed by atoms with E-state index >= 15 is 0 Å². The molecular formula is C20H21Cl2N3O2. The third kappa shape index (κ3) is 3.07. The fourth-order valence-corrected chi connectivity index (χ4v) is 4.83. The number of fused-ring (bicyclic) bond motifs is 1. The van der Waals surface area contributed by atoms with Gasteiger partial charge in [-0.25, -0.2) is 4.90 Å². The Kier molecular flexibility index (Phi) is 4.77. The van der Waals surface area contributed by atoms with Crippen LogP contribution in [0.3, 0.4) is 0 Å². The topological polar surface area (TPSA) is 55.2 Å². The van der Waals surface area contributed by atoms with Gasteiger partial charge in [0.2, 0.25) is 11.8 Å². The van der Waals surface area contributed by atoms with Crippen molar-refractivity contribution in [2.24, 2.45) is 11.8 Å². The maximum atomic E-state index is 12.9. The molecule has 0 unspecified atom stereocenters. The van der Waals surface area contributed by atoms with Crippen LogP contribution in [-0.4, -0.2) is 21.6 Å². The summed E-state index contributed by atoms with van der Waals surface area (Å²) in [4.78, 5) is 27.3. The molecule has 1 aromatic heterocycles. The molecule has 142 valence electrons. The molecule has 0 N–H and O–H groups in total. The van der Waals surface area contributed by atoms with E-state index in [1.165, 1.54) is 4.90 Å². The van der Waals surface area contributed by atoms with E-state index in [4.69, 9.17) is 23.2 Å². The van der Waals surface area contributed by atoms with Crippen molar-refractivity contribution in [1.82, 2.24) is 9.78 Å². The van der Waals surface area contributed by atoms with E-state index in [1.54, 1.807) is 16.8 Å². The summed E-state index contributed by atoms with van der Waals surface area (Å²) in [6.45, 7) is 4.18. The standard InChI is InChI=1S/C20H21Cl2N3O2/c1-11-18(25-19(26)15-5-3-4-6-16(15)20(25)27)12(2)24(23-11)10-13-7-8-14(21)9-17(13)22/h7-9,15-16H,3-6,10H2,1-2H3/t15-,16+. The van der Waals surface area contributed by atoms with Gasteiger partial charge in [-0.05, 0) is 44.4 Å². The predicted molar refractivity (Wildman–Crippen MR) is 105 cm³/mol. The first kappa shape index (κ1) is 18.5. The third-order valence-corrected chi connectivity index (χ3v) is 6.33. The van der Waals surface area contributed by atoms with E-state index in [1.807, 2.05) is 19.9 Å². The van der Waals surface area contributed by atoms with Crippen molar-refractivity contribution in [3.05, 3.63) is 45.2 Å². The normalized spacial score (nSPS) is 22.4. The van der Waals surface area contributed by atoms with E-state index < -0.39 is 0 Å². The molecule has 27 heavy (non-hydrogen) atoms. The van der Waals surface area contributed by atoms with Crippen molar-refractivity contribution < 1.29 is 9.59 Å². The second kappa shape index (κ2) is 6.95. The van der Waals surface area contributed by atoms with Crippen molar-refractivity contribution in [3.8, 4) is 0 Å². The molecule has 1 saturated carbocycles. The minimum atomic E-state index is -0.167. The summed E-state index contributed by atoms with van der Waals surface area (Å²) in [6.07, 6.45) is 3.64. The maximum Gasteiger partial charge on any atom is 0.237 e. The Balaban J connectivity index is 1.69. The Labute approximate surface area is 168 Å². The van der Waals surface area contributed by atoms with Gasteiger partial charge in [0.25, 0.3) is 0 Å². The van der Waals surface area contributed by atoms with Crippen molar-refractivity contribution in [2.75, 3.05) is 4.90 Å². The van der Waals surface area contributed by atoms with Crippen LogP contribution < -0.4 is 4.90 Å². The molecular weight excluding hydrogens is 385 g/mol. The van der Waals surface area contributed by atoms with E-state index in [9.17, 15) is 9.59 Å². The SMILES string of the molecule is Cc1nn(Cc2ccc(Cl)cc2Cl)c(C)c1N1C(=O)[C@H]2CCCC[C@H]2C1=O. The van der Waals surface area contributed by atoms with Gasteiger partial charge >= 0.3 is 0 Å². The summed E-state index contributed by atoms with van der Waals surface area (Å²) in [5, 5.41) is 5.72. The van der Waals surface area contributed by atoms with Gasteiger partial charge in [-0.15, -0.1) is 0 Å². The van der Waals surface area contributed by atoms with Crippen LogP contribution in [0.15, 0.2) is 18.2 Å². The van der Waals surface area contributed by atoms with Crippen LogP contribution in [-0.2, 0) is 16.1 Å². The number of nitrogens with zero attached hydrogens (tertiary/aromatic N) is 3. The second-order valence-corrected chi connectivity index (χ2v) is 8.27. The summed E-state index contributed by atoms with van der Waals surface area (Å²) in [5.41, 5.74) is 2.98. The minimum absolute atomic E-state index is 0.0695. The molecule has 2 atom stereocenters. The van der Waals surface area contributed by atoms with Crippen molar-refractivity contribution in [3.63, 3.8) is 0 Å². The van der Waals surface area contributed by atoms with Crippen molar-refractivity contribution in [2.45, 2.75) is 46.1 Å². The maximum absolute atomic E-state index is 12.9. The highest BCUT2D eigenvalue weighted by atomic mass is 35.5. The van der Waals surface area contributed by atoms with Gasteiger partial charge in [0.05, 0.1) is 35.5 Å². The van der Waals surface area contributed by atoms with E-state index in [0.29, 0.717) is 28.0 Å². The zero-order valence-electron chi connectivity index (χ0n) is 15.3. The van der Waals surface area contributed by atoms with Gasteiger partial charge in [0.15, 0.2) is 0 Å². The first-order chi connectivity index (χ1) is 12.9. The average Bonchev–Trinajstić information content (AvgIpc) is 3.04. The molecule has 1 aliphatic heterocycles. The Morgan fingerprint density at radius 3 is 2.30 bits per heavy atom. The van der Waals surface area contributed by atoms with Gasteiger partial charge in [-0.2, -0.15) is 5.10 Å². The number of rotatable bonds is 3. The van der Waals surface area contributed by atoms with E-state index in [0.717, 1.165) is 36.9 Å². The summed E-state index contributed by atoms with van der Waals surface area (Å²) in [6, 6.07) is 5.35. The quantitative estimate of drug-likeness (QED) is 0.704. The highest BCUT2D eigenvalue weighted by molar-refractivity contribution is 6.35. The predicted octanol–water partition coefficient (Wildman–Crippen LogP) is 4.53. The molecule has 4 rings (SSSR count). The first-order valence-corrected chi connectivity index (χ1v) is 10.00. The largest absolute Gasteiger partial charge is 0.274 e. The fraction of sp³-hybridized carbons (Fsp3) is 0.450. The molecule has 0 spiro atoms. The smallest absolute Gasteiger partial charge is 0.237 e. The van der Waals surface area contributed by atoms with Crippen molar-refractivity contribution in [1.29, 1.82) is 0 Å². The lowest BCUT2D eigenvalue weighted by atomic mass is 9.81. The number of anilines is 1. The van der Waals surface area contributed by atoms with Gasteiger partial charge in [0.1, 0.15) is 0 Å². The number of halogens is 2. The summed E-state index contributed by atoms with van der Waals surface area (Å²) >= 11 is 12.3. The van der Waals surface area contributed by atoms with Crippen LogP contribution >= 0.6 is 23.2 Å². The van der Waals surface area contributed by atoms with Crippen LogP contribution in [0, 0.1) is 25.7 Å². The molecule has 0 bridgehead atoms. The van der Waals surface area contributed by atoms with E-state index in [2.05, 4.69) is 5.10 Å². The monoisotopic (exact) mass is 405 g/mol. The average molecular weight is 406 g/mol. The summed E-state index contributed by atoms with van der Waals surface area (Å²) in [5.74, 6) is -0.474. The van der Waals surface area contributed by atoms with Gasteiger partial charge in [-0.3, -0.25) is 14.3 Å². The number of amides is 2. The number of carbonyl (C=O) groups excluding carboxylic acids is 2. The molecule has 2 aliphatic rings. The summed E-state index contributed by atoms with van der Waals surface area (Å²) < 4.78 is 1.79. The number of carbonyl (C=O) groups is 2. The number of aromatic nitrogens is 2. The number of imide groups is 1. The van der Waals surface area contributed by atoms with Gasteiger partial charge < -0.3 is 0 Å². The zero-order chi connectivity index (χ0) is 19.3. The third-order valence-electron chi connectivity index (χ3n) is 5.74. The number of aryl methyl sites for hydroxylation is 1. The molecule has 1 aliphatic carbocycles. The molecule has 1 saturated heterocycles. The number of benzene rings is 1. The number of hydrogen-bond donors (Lipinski definition) is 0. The van der Waals surface area contributed by atoms with Gasteiger partial charge in [-0.1, -0.05) is 42.1 Å². The molecule has 0 radical (unpaired) electrons. The Morgan fingerprint density at radius 1 is 1.07 bits per heavy atom. The Hall–Kier alpha value is -1.85. The Bertz CT molecular complexity index is 914. The summed E-state index contributed by atoms with van der Waals surface area (Å²) in [7, 11) is 0. The second-order valence-electron chi connectivity index (χ2n) is 7.42. The molecule has 2 aromatic rings. The molecule has 5 nitrogen and oxygen atoms in total. The lowest BCUT2D eigenvalue weighted by molar-refractivity contribution is -0.122. The lowest BCUT2D eigenvalue weighted by Gasteiger charge is -2.19. The van der Waals surface area contributed by atoms with Crippen LogP contribution in [0.4, 0.5) is 5.69 Å². The minimum Gasteiger partial charge on any atom is -0.274 e. The van der Waals surface area contributed by atoms with Gasteiger partial charge in [0, 0.05) is 10.0 Å². The van der Waals surface area contributed by atoms with E-state index in [-0.39, 0.29) is 23.7 Å². The van der Waals surface area contributed by atoms with Crippen molar-refractivity contribution >= 4 is 40.7 Å². The highest BCUT2D eigenvalue weighted by Gasteiger charge is 2.50. The molecule has 2 amide bonds. The molecule has 1 aromatic carbocycles. The molecule has 2 heterocycles. The molecule has 7 heteroatoms. The fourth-order valence-electron chi connectivity index (χ4n) is 4.36.